The highest BCUT2D eigenvalue weighted by Crippen LogP contribution is 2.30. The van der Waals surface area contributed by atoms with Crippen LogP contribution in [0.15, 0.2) is 9.64 Å². The molecule has 2 rings (SSSR count). The van der Waals surface area contributed by atoms with Crippen LogP contribution in [-0.2, 0) is 14.6 Å². The number of esters is 1. The summed E-state index contributed by atoms with van der Waals surface area (Å²) >= 11 is 0.941. The van der Waals surface area contributed by atoms with Crippen LogP contribution in [0.5, 0.6) is 0 Å². The van der Waals surface area contributed by atoms with Crippen molar-refractivity contribution in [3.63, 3.8) is 0 Å². The van der Waals surface area contributed by atoms with Gasteiger partial charge in [0.2, 0.25) is 0 Å². The minimum atomic E-state index is -3.24. The van der Waals surface area contributed by atoms with Gasteiger partial charge in [0.1, 0.15) is 0 Å². The van der Waals surface area contributed by atoms with Crippen LogP contribution in [0.25, 0.3) is 0 Å². The third kappa shape index (κ3) is 3.45. The molecule has 1 aliphatic rings. The quantitative estimate of drug-likeness (QED) is 0.733. The molecule has 0 saturated carbocycles. The van der Waals surface area contributed by atoms with Gasteiger partial charge in [0.25, 0.3) is 5.22 Å². The second-order valence-corrected chi connectivity index (χ2v) is 7.24. The fourth-order valence-corrected chi connectivity index (χ4v) is 4.93. The number of ether oxygens (including phenoxy) is 1. The Morgan fingerprint density at radius 3 is 2.84 bits per heavy atom. The zero-order valence-electron chi connectivity index (χ0n) is 9.98. The smallest absolute Gasteiger partial charge is 0.396 e. The van der Waals surface area contributed by atoms with Gasteiger partial charge in [-0.15, -0.1) is 5.10 Å². The van der Waals surface area contributed by atoms with E-state index in [-0.39, 0.29) is 29.2 Å². The molecular formula is C9H12N2O6S2. The maximum Gasteiger partial charge on any atom is 0.396 e. The summed E-state index contributed by atoms with van der Waals surface area (Å²) in [5.41, 5.74) is 0. The number of nitrogens with zero attached hydrogens (tertiary/aromatic N) is 2. The second-order valence-electron chi connectivity index (χ2n) is 3.89. The number of aliphatic hydroxyl groups excluding tert-OH is 1. The van der Waals surface area contributed by atoms with Crippen molar-refractivity contribution in [1.29, 1.82) is 0 Å². The molecule has 10 heteroatoms. The minimum absolute atomic E-state index is 0.0317. The van der Waals surface area contributed by atoms with Gasteiger partial charge in [-0.3, -0.25) is 0 Å². The molecule has 0 amide bonds. The highest BCUT2D eigenvalue weighted by atomic mass is 32.2. The lowest BCUT2D eigenvalue weighted by Crippen LogP contribution is -2.19. The van der Waals surface area contributed by atoms with E-state index in [9.17, 15) is 18.3 Å². The number of hydrogen-bond acceptors (Lipinski definition) is 9. The summed E-state index contributed by atoms with van der Waals surface area (Å²) < 4.78 is 32.4. The van der Waals surface area contributed by atoms with Gasteiger partial charge in [0, 0.05) is 0 Å². The number of hydrogen-bond donors (Lipinski definition) is 1. The van der Waals surface area contributed by atoms with Crippen LogP contribution in [0.1, 0.15) is 17.6 Å². The van der Waals surface area contributed by atoms with E-state index in [1.807, 2.05) is 0 Å². The van der Waals surface area contributed by atoms with E-state index < -0.39 is 27.2 Å². The number of carbonyl (C=O) groups excluding carboxylic acids is 1. The van der Waals surface area contributed by atoms with E-state index in [0.29, 0.717) is 0 Å². The summed E-state index contributed by atoms with van der Waals surface area (Å²) in [6.07, 6.45) is -0.979. The van der Waals surface area contributed by atoms with Crippen molar-refractivity contribution in [1.82, 2.24) is 10.2 Å². The number of rotatable bonds is 4. The summed E-state index contributed by atoms with van der Waals surface area (Å²) in [7, 11) is -3.24. The summed E-state index contributed by atoms with van der Waals surface area (Å²) in [6.45, 7) is 1.83. The van der Waals surface area contributed by atoms with E-state index in [2.05, 4.69) is 14.9 Å². The van der Waals surface area contributed by atoms with Crippen molar-refractivity contribution in [3.05, 3.63) is 5.89 Å². The van der Waals surface area contributed by atoms with E-state index in [4.69, 9.17) is 4.42 Å². The van der Waals surface area contributed by atoms with Gasteiger partial charge in [-0.05, 0) is 6.92 Å². The molecule has 1 aromatic rings. The zero-order chi connectivity index (χ0) is 14.0. The van der Waals surface area contributed by atoms with Gasteiger partial charge in [-0.2, -0.15) is 0 Å². The van der Waals surface area contributed by atoms with Crippen molar-refractivity contribution in [2.24, 2.45) is 0 Å². The Kier molecular flexibility index (Phi) is 4.11. The first-order valence-corrected chi connectivity index (χ1v) is 8.17. The van der Waals surface area contributed by atoms with Crippen LogP contribution >= 0.6 is 11.8 Å². The number of aromatic nitrogens is 2. The van der Waals surface area contributed by atoms with Gasteiger partial charge in [0.05, 0.1) is 29.5 Å². The average Bonchev–Trinajstić information content (AvgIpc) is 2.85. The third-order valence-electron chi connectivity index (χ3n) is 2.38. The highest BCUT2D eigenvalue weighted by molar-refractivity contribution is 8.01. The first-order chi connectivity index (χ1) is 8.91. The summed E-state index contributed by atoms with van der Waals surface area (Å²) in [6, 6.07) is 0. The molecule has 19 heavy (non-hydrogen) atoms. The number of carbonyl (C=O) groups is 1. The van der Waals surface area contributed by atoms with Crippen molar-refractivity contribution in [3.8, 4) is 0 Å². The van der Waals surface area contributed by atoms with E-state index in [0.717, 1.165) is 11.8 Å². The molecule has 0 bridgehead atoms. The normalized spacial score (nSPS) is 25.4. The van der Waals surface area contributed by atoms with Crippen LogP contribution in [0.3, 0.4) is 0 Å². The molecule has 0 spiro atoms. The fourth-order valence-electron chi connectivity index (χ4n) is 1.57. The molecule has 2 heterocycles. The van der Waals surface area contributed by atoms with E-state index in [1.165, 1.54) is 0 Å². The van der Waals surface area contributed by atoms with Crippen molar-refractivity contribution >= 4 is 27.6 Å². The standard InChI is InChI=1S/C9H12N2O6S2/c1-2-16-8(13)7-10-11-9(17-7)18-6-4-19(14,15)3-5(6)12/h5-6,12H,2-4H2,1H3. The topological polar surface area (TPSA) is 120 Å². The van der Waals surface area contributed by atoms with Crippen molar-refractivity contribution < 1.29 is 27.5 Å². The van der Waals surface area contributed by atoms with Crippen LogP contribution in [0.4, 0.5) is 0 Å². The number of sulfone groups is 1. The Balaban J connectivity index is 2.03. The average molecular weight is 308 g/mol. The Bertz CT molecular complexity index is 569. The predicted octanol–water partition coefficient (Wildman–Crippen LogP) is -0.504. The van der Waals surface area contributed by atoms with Crippen LogP contribution in [-0.4, -0.2) is 59.2 Å². The van der Waals surface area contributed by atoms with Gasteiger partial charge in [-0.1, -0.05) is 16.9 Å². The number of aliphatic hydroxyl groups is 1. The summed E-state index contributed by atoms with van der Waals surface area (Å²) in [4.78, 5) is 11.3. The van der Waals surface area contributed by atoms with Crippen molar-refractivity contribution in [2.45, 2.75) is 23.5 Å². The molecule has 1 saturated heterocycles. The first kappa shape index (κ1) is 14.3. The molecule has 8 nitrogen and oxygen atoms in total. The lowest BCUT2D eigenvalue weighted by molar-refractivity contribution is 0.0475. The van der Waals surface area contributed by atoms with E-state index in [1.54, 1.807) is 6.92 Å². The molecule has 2 atom stereocenters. The molecule has 1 aliphatic heterocycles. The molecule has 0 aliphatic carbocycles. The Morgan fingerprint density at radius 2 is 2.26 bits per heavy atom. The van der Waals surface area contributed by atoms with Gasteiger partial charge < -0.3 is 14.3 Å². The monoisotopic (exact) mass is 308 g/mol. The fraction of sp³-hybridized carbons (Fsp3) is 0.667. The molecule has 1 fully saturated rings. The van der Waals surface area contributed by atoms with E-state index >= 15 is 0 Å². The Hall–Kier alpha value is -1.13. The molecule has 0 radical (unpaired) electrons. The maximum atomic E-state index is 11.3. The SMILES string of the molecule is CCOC(=O)c1nnc(SC2CS(=O)(=O)CC2O)o1. The molecule has 1 N–H and O–H groups in total. The van der Waals surface area contributed by atoms with Crippen LogP contribution < -0.4 is 0 Å². The Labute approximate surface area is 113 Å². The molecule has 106 valence electrons. The first-order valence-electron chi connectivity index (χ1n) is 5.47. The second kappa shape index (κ2) is 5.47. The largest absolute Gasteiger partial charge is 0.459 e. The van der Waals surface area contributed by atoms with Crippen molar-refractivity contribution in [2.75, 3.05) is 18.1 Å². The van der Waals surface area contributed by atoms with Gasteiger partial charge >= 0.3 is 11.9 Å². The lowest BCUT2D eigenvalue weighted by Gasteiger charge is -2.07. The van der Waals surface area contributed by atoms with Gasteiger partial charge in [0.15, 0.2) is 9.84 Å². The molecule has 2 unspecified atom stereocenters. The summed E-state index contributed by atoms with van der Waals surface area (Å²) in [5, 5.41) is 16.2. The third-order valence-corrected chi connectivity index (χ3v) is 5.46. The summed E-state index contributed by atoms with van der Waals surface area (Å²) in [5.74, 6) is -1.46. The van der Waals surface area contributed by atoms with Crippen LogP contribution in [0, 0.1) is 0 Å². The Morgan fingerprint density at radius 1 is 1.53 bits per heavy atom. The number of thioether (sulfide) groups is 1. The lowest BCUT2D eigenvalue weighted by atomic mass is 10.3. The molecular weight excluding hydrogens is 296 g/mol. The van der Waals surface area contributed by atoms with Crippen LogP contribution in [0.2, 0.25) is 0 Å². The maximum absolute atomic E-state index is 11.3. The minimum Gasteiger partial charge on any atom is -0.459 e. The van der Waals surface area contributed by atoms with Gasteiger partial charge in [-0.25, -0.2) is 13.2 Å². The zero-order valence-corrected chi connectivity index (χ0v) is 11.6. The predicted molar refractivity (Wildman–Crippen MR) is 64.6 cm³/mol. The molecule has 1 aromatic heterocycles. The highest BCUT2D eigenvalue weighted by Gasteiger charge is 2.38. The molecule has 0 aromatic carbocycles.